The van der Waals surface area contributed by atoms with E-state index in [9.17, 15) is 9.59 Å². The quantitative estimate of drug-likeness (QED) is 0.482. The van der Waals surface area contributed by atoms with Crippen molar-refractivity contribution in [2.75, 3.05) is 44.7 Å². The monoisotopic (exact) mass is 462 g/mol. The van der Waals surface area contributed by atoms with E-state index in [1.54, 1.807) is 0 Å². The maximum Gasteiger partial charge on any atom is 0.267 e. The van der Waals surface area contributed by atoms with Gasteiger partial charge >= 0.3 is 0 Å². The molecule has 3 aromatic rings. The summed E-state index contributed by atoms with van der Waals surface area (Å²) < 4.78 is 7.45. The van der Waals surface area contributed by atoms with E-state index in [0.717, 1.165) is 68.0 Å². The number of benzene rings is 2. The number of hydrogen-bond donors (Lipinski definition) is 2. The highest BCUT2D eigenvalue weighted by Gasteiger charge is 2.17. The fourth-order valence-corrected chi connectivity index (χ4v) is 4.37. The molecule has 1 aliphatic heterocycles. The van der Waals surface area contributed by atoms with E-state index in [-0.39, 0.29) is 11.8 Å². The number of aryl methyl sites for hydroxylation is 2. The van der Waals surface area contributed by atoms with Crippen LogP contribution in [0.3, 0.4) is 0 Å². The van der Waals surface area contributed by atoms with Crippen molar-refractivity contribution >= 4 is 28.4 Å². The van der Waals surface area contributed by atoms with Crippen molar-refractivity contribution in [3.05, 3.63) is 65.9 Å². The molecule has 0 bridgehead atoms. The fraction of sp³-hybridized carbons (Fsp3) is 0.407. The Balaban J connectivity index is 1.40. The van der Waals surface area contributed by atoms with Crippen LogP contribution < -0.4 is 10.6 Å². The highest BCUT2D eigenvalue weighted by atomic mass is 16.5. The number of morpholine rings is 1. The second-order valence-corrected chi connectivity index (χ2v) is 8.70. The van der Waals surface area contributed by atoms with Gasteiger partial charge in [-0.15, -0.1) is 0 Å². The van der Waals surface area contributed by atoms with Crippen LogP contribution in [0.5, 0.6) is 0 Å². The molecule has 0 saturated carbocycles. The van der Waals surface area contributed by atoms with Crippen LogP contribution in [0.2, 0.25) is 0 Å². The van der Waals surface area contributed by atoms with E-state index in [4.69, 9.17) is 4.74 Å². The van der Waals surface area contributed by atoms with Gasteiger partial charge in [0.2, 0.25) is 5.91 Å². The summed E-state index contributed by atoms with van der Waals surface area (Å²) in [7, 11) is 0. The first-order chi connectivity index (χ1) is 16.6. The summed E-state index contributed by atoms with van der Waals surface area (Å²) in [5, 5.41) is 7.03. The Labute approximate surface area is 201 Å². The number of nitrogens with zero attached hydrogens (tertiary/aromatic N) is 2. The van der Waals surface area contributed by atoms with Crippen LogP contribution >= 0.6 is 0 Å². The zero-order valence-electron chi connectivity index (χ0n) is 19.9. The predicted molar refractivity (Wildman–Crippen MR) is 135 cm³/mol. The minimum atomic E-state index is -0.0636. The Bertz CT molecular complexity index is 1100. The van der Waals surface area contributed by atoms with Gasteiger partial charge in [-0.05, 0) is 42.7 Å². The van der Waals surface area contributed by atoms with E-state index >= 15 is 0 Å². The largest absolute Gasteiger partial charge is 0.379 e. The summed E-state index contributed by atoms with van der Waals surface area (Å²) >= 11 is 0. The summed E-state index contributed by atoms with van der Waals surface area (Å²) in [6.45, 7) is 7.62. The first kappa shape index (κ1) is 24.0. The lowest BCUT2D eigenvalue weighted by atomic mass is 10.1. The number of rotatable bonds is 10. The maximum absolute atomic E-state index is 13.0. The van der Waals surface area contributed by atoms with Crippen molar-refractivity contribution in [3.63, 3.8) is 0 Å². The summed E-state index contributed by atoms with van der Waals surface area (Å²) in [4.78, 5) is 27.8. The molecule has 2 amide bonds. The van der Waals surface area contributed by atoms with Crippen LogP contribution in [-0.4, -0.2) is 60.7 Å². The Kier molecular flexibility index (Phi) is 8.33. The predicted octanol–water partition coefficient (Wildman–Crippen LogP) is 3.68. The van der Waals surface area contributed by atoms with Gasteiger partial charge in [0.25, 0.3) is 5.91 Å². The SMILES string of the molecule is CCCn1c(C(=O)NCCN2CCOCC2)cc2cc(NC(=O)CCc3ccccc3)ccc21. The van der Waals surface area contributed by atoms with Crippen molar-refractivity contribution in [1.82, 2.24) is 14.8 Å². The number of anilines is 1. The third-order valence-electron chi connectivity index (χ3n) is 6.17. The van der Waals surface area contributed by atoms with Crippen molar-refractivity contribution < 1.29 is 14.3 Å². The number of carbonyl (C=O) groups is 2. The average Bonchev–Trinajstić information content (AvgIpc) is 3.22. The van der Waals surface area contributed by atoms with Crippen LogP contribution in [0.1, 0.15) is 35.8 Å². The smallest absolute Gasteiger partial charge is 0.267 e. The normalized spacial score (nSPS) is 14.3. The molecule has 2 aromatic carbocycles. The van der Waals surface area contributed by atoms with Gasteiger partial charge in [0.1, 0.15) is 5.69 Å². The highest BCUT2D eigenvalue weighted by molar-refractivity contribution is 6.00. The van der Waals surface area contributed by atoms with Gasteiger partial charge in [0.15, 0.2) is 0 Å². The molecule has 2 N–H and O–H groups in total. The van der Waals surface area contributed by atoms with E-state index < -0.39 is 0 Å². The number of aromatic nitrogens is 1. The first-order valence-electron chi connectivity index (χ1n) is 12.2. The lowest BCUT2D eigenvalue weighted by Gasteiger charge is -2.26. The Morgan fingerprint density at radius 3 is 2.56 bits per heavy atom. The number of carbonyl (C=O) groups excluding carboxylic acids is 2. The number of hydrogen-bond acceptors (Lipinski definition) is 4. The zero-order valence-corrected chi connectivity index (χ0v) is 19.9. The van der Waals surface area contributed by atoms with Gasteiger partial charge in [-0.25, -0.2) is 0 Å². The molecule has 0 spiro atoms. The molecule has 7 nitrogen and oxygen atoms in total. The summed E-state index contributed by atoms with van der Waals surface area (Å²) in [5.74, 6) is -0.0800. The third-order valence-corrected chi connectivity index (χ3v) is 6.17. The van der Waals surface area contributed by atoms with Crippen molar-refractivity contribution in [3.8, 4) is 0 Å². The molecule has 1 aliphatic rings. The van der Waals surface area contributed by atoms with Crippen molar-refractivity contribution in [2.45, 2.75) is 32.7 Å². The number of fused-ring (bicyclic) bond motifs is 1. The van der Waals surface area contributed by atoms with Crippen molar-refractivity contribution in [1.29, 1.82) is 0 Å². The molecule has 1 aromatic heterocycles. The molecule has 7 heteroatoms. The van der Waals surface area contributed by atoms with Crippen LogP contribution in [0.25, 0.3) is 10.9 Å². The Morgan fingerprint density at radius 1 is 1.00 bits per heavy atom. The van der Waals surface area contributed by atoms with Gasteiger partial charge in [0, 0.05) is 55.7 Å². The van der Waals surface area contributed by atoms with Crippen molar-refractivity contribution in [2.24, 2.45) is 0 Å². The standard InChI is InChI=1S/C27H34N4O3/c1-2-13-31-24-10-9-23(29-26(32)11-8-21-6-4-3-5-7-21)19-22(24)20-25(31)27(33)28-12-14-30-15-17-34-18-16-30/h3-7,9-10,19-20H,2,8,11-18H2,1H3,(H,28,33)(H,29,32). The van der Waals surface area contributed by atoms with Gasteiger partial charge in [0.05, 0.1) is 13.2 Å². The van der Waals surface area contributed by atoms with Crippen LogP contribution in [0, 0.1) is 0 Å². The highest BCUT2D eigenvalue weighted by Crippen LogP contribution is 2.24. The van der Waals surface area contributed by atoms with E-state index in [1.807, 2.05) is 54.6 Å². The molecule has 1 fully saturated rings. The average molecular weight is 463 g/mol. The summed E-state index contributed by atoms with van der Waals surface area (Å²) in [6.07, 6.45) is 2.06. The molecule has 0 atom stereocenters. The van der Waals surface area contributed by atoms with Gasteiger partial charge in [-0.1, -0.05) is 37.3 Å². The molecule has 1 saturated heterocycles. The topological polar surface area (TPSA) is 75.6 Å². The number of ether oxygens (including phenoxy) is 1. The van der Waals surface area contributed by atoms with Crippen LogP contribution in [0.4, 0.5) is 5.69 Å². The molecule has 0 unspecified atom stereocenters. The maximum atomic E-state index is 13.0. The minimum absolute atomic E-state index is 0.0164. The molecule has 0 aliphatic carbocycles. The second-order valence-electron chi connectivity index (χ2n) is 8.70. The molecule has 0 radical (unpaired) electrons. The summed E-state index contributed by atoms with van der Waals surface area (Å²) in [6, 6.07) is 17.8. The van der Waals surface area contributed by atoms with E-state index in [0.29, 0.717) is 25.1 Å². The van der Waals surface area contributed by atoms with Gasteiger partial charge < -0.3 is 19.9 Å². The first-order valence-corrected chi connectivity index (χ1v) is 12.2. The van der Waals surface area contributed by atoms with Crippen LogP contribution in [0.15, 0.2) is 54.6 Å². The molecule has 4 rings (SSSR count). The zero-order chi connectivity index (χ0) is 23.8. The number of nitrogens with one attached hydrogen (secondary N) is 2. The molecule has 34 heavy (non-hydrogen) atoms. The molecule has 2 heterocycles. The Morgan fingerprint density at radius 2 is 1.79 bits per heavy atom. The molecular formula is C27H34N4O3. The summed E-state index contributed by atoms with van der Waals surface area (Å²) in [5.41, 5.74) is 3.56. The molecular weight excluding hydrogens is 428 g/mol. The minimum Gasteiger partial charge on any atom is -0.379 e. The third kappa shape index (κ3) is 6.24. The number of amides is 2. The van der Waals surface area contributed by atoms with E-state index in [1.165, 1.54) is 0 Å². The van der Waals surface area contributed by atoms with E-state index in [2.05, 4.69) is 27.0 Å². The lowest BCUT2D eigenvalue weighted by Crippen LogP contribution is -2.41. The second kappa shape index (κ2) is 11.8. The fourth-order valence-electron chi connectivity index (χ4n) is 4.37. The van der Waals surface area contributed by atoms with Gasteiger partial charge in [-0.2, -0.15) is 0 Å². The van der Waals surface area contributed by atoms with Gasteiger partial charge in [-0.3, -0.25) is 14.5 Å². The lowest BCUT2D eigenvalue weighted by molar-refractivity contribution is -0.116. The van der Waals surface area contributed by atoms with Crippen LogP contribution in [-0.2, 0) is 22.5 Å². The molecule has 180 valence electrons. The Hall–Kier alpha value is -3.16.